The van der Waals surface area contributed by atoms with Crippen LogP contribution in [0.1, 0.15) is 36.8 Å². The summed E-state index contributed by atoms with van der Waals surface area (Å²) in [6.45, 7) is 14.2. The number of thiophene rings is 1. The summed E-state index contributed by atoms with van der Waals surface area (Å²) in [5.41, 5.74) is 12.7. The first-order valence-electron chi connectivity index (χ1n) is 9.97. The fourth-order valence-corrected chi connectivity index (χ4v) is 3.56. The SMILES string of the molecule is C=C(Cc1cccs1)N/C(C)=C(C)/C=C(/N)C(=C)C(=N)/C=C/c1cccc(CC)c1. The van der Waals surface area contributed by atoms with E-state index in [-0.39, 0.29) is 0 Å². The van der Waals surface area contributed by atoms with E-state index < -0.39 is 0 Å². The smallest absolute Gasteiger partial charge is 0.0627 e. The molecule has 0 fully saturated rings. The molecule has 0 saturated carbocycles. The first kappa shape index (κ1) is 23.2. The van der Waals surface area contributed by atoms with Crippen molar-refractivity contribution in [1.82, 2.24) is 5.32 Å². The second-order valence-corrected chi connectivity index (χ2v) is 8.25. The summed E-state index contributed by atoms with van der Waals surface area (Å²) in [5.74, 6) is 0. The van der Waals surface area contributed by atoms with Crippen molar-refractivity contribution in [2.75, 3.05) is 0 Å². The van der Waals surface area contributed by atoms with Gasteiger partial charge in [0.15, 0.2) is 0 Å². The van der Waals surface area contributed by atoms with Crippen LogP contribution in [0.3, 0.4) is 0 Å². The predicted octanol–water partition coefficient (Wildman–Crippen LogP) is 6.38. The van der Waals surface area contributed by atoms with Gasteiger partial charge in [0, 0.05) is 34.0 Å². The van der Waals surface area contributed by atoms with Crippen LogP contribution >= 0.6 is 11.3 Å². The van der Waals surface area contributed by atoms with Gasteiger partial charge in [-0.15, -0.1) is 11.3 Å². The zero-order valence-electron chi connectivity index (χ0n) is 18.1. The van der Waals surface area contributed by atoms with E-state index in [4.69, 9.17) is 11.1 Å². The van der Waals surface area contributed by atoms with Crippen molar-refractivity contribution in [2.24, 2.45) is 5.73 Å². The molecule has 2 aromatic rings. The van der Waals surface area contributed by atoms with Crippen LogP contribution in [0.5, 0.6) is 0 Å². The summed E-state index contributed by atoms with van der Waals surface area (Å²) >= 11 is 1.72. The Labute approximate surface area is 184 Å². The number of hydrogen-bond donors (Lipinski definition) is 3. The molecular weight excluding hydrogens is 386 g/mol. The molecule has 0 unspecified atom stereocenters. The van der Waals surface area contributed by atoms with E-state index in [9.17, 15) is 0 Å². The lowest BCUT2D eigenvalue weighted by atomic mass is 10.0. The maximum atomic E-state index is 8.30. The number of nitrogens with one attached hydrogen (secondary N) is 2. The van der Waals surface area contributed by atoms with Gasteiger partial charge in [0.25, 0.3) is 0 Å². The van der Waals surface area contributed by atoms with E-state index in [1.165, 1.54) is 10.4 Å². The fourth-order valence-electron chi connectivity index (χ4n) is 2.81. The molecule has 2 rings (SSSR count). The van der Waals surface area contributed by atoms with Crippen LogP contribution < -0.4 is 11.1 Å². The standard InChI is InChI=1S/C26H31N3S/c1-6-22-9-7-10-23(17-22)12-13-25(27)20(4)26(28)15-18(2)21(5)29-19(3)16-24-11-8-14-30-24/h7-15,17,27,29H,3-4,6,16,28H2,1-2,5H3/b13-12+,21-18+,26-15+,27-25?. The van der Waals surface area contributed by atoms with Crippen molar-refractivity contribution in [2.45, 2.75) is 33.6 Å². The molecule has 0 amide bonds. The van der Waals surface area contributed by atoms with Gasteiger partial charge in [-0.2, -0.15) is 0 Å². The lowest BCUT2D eigenvalue weighted by Gasteiger charge is -2.12. The second kappa shape index (κ2) is 11.2. The van der Waals surface area contributed by atoms with Gasteiger partial charge in [0.05, 0.1) is 5.71 Å². The Hall–Kier alpha value is -3.11. The molecule has 4 N–H and O–H groups in total. The predicted molar refractivity (Wildman–Crippen MR) is 133 cm³/mol. The van der Waals surface area contributed by atoms with Gasteiger partial charge in [0.2, 0.25) is 0 Å². The highest BCUT2D eigenvalue weighted by molar-refractivity contribution is 7.09. The van der Waals surface area contributed by atoms with Crippen LogP contribution in [-0.4, -0.2) is 5.71 Å². The number of benzene rings is 1. The van der Waals surface area contributed by atoms with Gasteiger partial charge in [-0.3, -0.25) is 0 Å². The van der Waals surface area contributed by atoms with Gasteiger partial charge >= 0.3 is 0 Å². The highest BCUT2D eigenvalue weighted by Gasteiger charge is 2.05. The fraction of sp³-hybridized carbons (Fsp3) is 0.192. The summed E-state index contributed by atoms with van der Waals surface area (Å²) in [6, 6.07) is 12.4. The normalized spacial score (nSPS) is 12.6. The Kier molecular flexibility index (Phi) is 8.63. The Bertz CT molecular complexity index is 1000. The number of rotatable bonds is 10. The Morgan fingerprint density at radius 3 is 2.63 bits per heavy atom. The molecule has 1 heterocycles. The van der Waals surface area contributed by atoms with Gasteiger partial charge in [-0.05, 0) is 60.6 Å². The number of allylic oxidation sites excluding steroid dienone is 6. The van der Waals surface area contributed by atoms with E-state index in [2.05, 4.69) is 49.0 Å². The Balaban J connectivity index is 2.01. The Morgan fingerprint density at radius 1 is 1.20 bits per heavy atom. The minimum absolute atomic E-state index is 0.297. The molecule has 0 bridgehead atoms. The molecule has 156 valence electrons. The lowest BCUT2D eigenvalue weighted by molar-refractivity contribution is 0.910. The molecule has 0 saturated heterocycles. The topological polar surface area (TPSA) is 61.9 Å². The molecule has 3 nitrogen and oxygen atoms in total. The summed E-state index contributed by atoms with van der Waals surface area (Å²) in [4.78, 5) is 1.27. The van der Waals surface area contributed by atoms with Crippen LogP contribution in [0.2, 0.25) is 0 Å². The summed E-state index contributed by atoms with van der Waals surface area (Å²) in [5, 5.41) is 13.7. The van der Waals surface area contributed by atoms with Gasteiger partial charge in [-0.25, -0.2) is 0 Å². The molecule has 1 aromatic carbocycles. The zero-order valence-corrected chi connectivity index (χ0v) is 18.9. The van der Waals surface area contributed by atoms with Crippen molar-refractivity contribution >= 4 is 23.1 Å². The average molecular weight is 418 g/mol. The van der Waals surface area contributed by atoms with E-state index in [0.29, 0.717) is 17.0 Å². The van der Waals surface area contributed by atoms with Crippen molar-refractivity contribution in [3.8, 4) is 0 Å². The maximum absolute atomic E-state index is 8.30. The van der Waals surface area contributed by atoms with Crippen molar-refractivity contribution in [3.05, 3.63) is 111 Å². The third kappa shape index (κ3) is 7.05. The molecule has 0 aliphatic carbocycles. The third-order valence-electron chi connectivity index (χ3n) is 4.77. The monoisotopic (exact) mass is 417 g/mol. The molecule has 30 heavy (non-hydrogen) atoms. The minimum Gasteiger partial charge on any atom is -0.398 e. The average Bonchev–Trinajstić information content (AvgIpc) is 3.24. The lowest BCUT2D eigenvalue weighted by Crippen LogP contribution is -2.13. The third-order valence-corrected chi connectivity index (χ3v) is 5.65. The molecule has 1 aromatic heterocycles. The number of nitrogens with two attached hydrogens (primary N) is 1. The van der Waals surface area contributed by atoms with Gasteiger partial charge < -0.3 is 16.5 Å². The van der Waals surface area contributed by atoms with E-state index >= 15 is 0 Å². The van der Waals surface area contributed by atoms with Crippen molar-refractivity contribution in [3.63, 3.8) is 0 Å². The zero-order chi connectivity index (χ0) is 22.1. The first-order valence-corrected chi connectivity index (χ1v) is 10.8. The Morgan fingerprint density at radius 2 is 1.97 bits per heavy atom. The van der Waals surface area contributed by atoms with Gasteiger partial charge in [0.1, 0.15) is 0 Å². The quantitative estimate of drug-likeness (QED) is 0.310. The molecule has 0 spiro atoms. The molecule has 0 radical (unpaired) electrons. The molecular formula is C26H31N3S. The summed E-state index contributed by atoms with van der Waals surface area (Å²) < 4.78 is 0. The van der Waals surface area contributed by atoms with Crippen LogP contribution in [0.4, 0.5) is 0 Å². The molecule has 0 aliphatic heterocycles. The van der Waals surface area contributed by atoms with Crippen LogP contribution in [0.15, 0.2) is 95.3 Å². The molecule has 0 aliphatic rings. The minimum atomic E-state index is 0.297. The highest BCUT2D eigenvalue weighted by Crippen LogP contribution is 2.15. The van der Waals surface area contributed by atoms with E-state index in [1.807, 2.05) is 44.2 Å². The molecule has 0 atom stereocenters. The van der Waals surface area contributed by atoms with Gasteiger partial charge in [-0.1, -0.05) is 56.5 Å². The van der Waals surface area contributed by atoms with Crippen LogP contribution in [0.25, 0.3) is 6.08 Å². The highest BCUT2D eigenvalue weighted by atomic mass is 32.1. The largest absolute Gasteiger partial charge is 0.398 e. The summed E-state index contributed by atoms with van der Waals surface area (Å²) in [6.07, 6.45) is 7.29. The maximum Gasteiger partial charge on any atom is 0.0627 e. The molecule has 4 heteroatoms. The van der Waals surface area contributed by atoms with Crippen LogP contribution in [0, 0.1) is 5.41 Å². The van der Waals surface area contributed by atoms with Crippen molar-refractivity contribution < 1.29 is 0 Å². The van der Waals surface area contributed by atoms with Crippen LogP contribution in [-0.2, 0) is 12.8 Å². The van der Waals surface area contributed by atoms with E-state index in [0.717, 1.165) is 35.4 Å². The second-order valence-electron chi connectivity index (χ2n) is 7.22. The van der Waals surface area contributed by atoms with E-state index in [1.54, 1.807) is 17.4 Å². The number of hydrogen-bond acceptors (Lipinski definition) is 4. The summed E-state index contributed by atoms with van der Waals surface area (Å²) in [7, 11) is 0. The number of aryl methyl sites for hydroxylation is 1. The van der Waals surface area contributed by atoms with Crippen molar-refractivity contribution in [1.29, 1.82) is 5.41 Å². The first-order chi connectivity index (χ1) is 14.3.